The van der Waals surface area contributed by atoms with Gasteiger partial charge in [-0.1, -0.05) is 58.7 Å². The molecule has 1 aliphatic heterocycles. The van der Waals surface area contributed by atoms with E-state index < -0.39 is 11.9 Å². The average Bonchev–Trinajstić information content (AvgIpc) is 3.11. The predicted molar refractivity (Wildman–Crippen MR) is 121 cm³/mol. The monoisotopic (exact) mass is 428 g/mol. The van der Waals surface area contributed by atoms with Gasteiger partial charge in [-0.05, 0) is 42.2 Å². The largest absolute Gasteiger partial charge is 0.455 e. The molecule has 0 radical (unpaired) electrons. The molecule has 1 heterocycles. The number of esters is 1. The maximum atomic E-state index is 12.6. The van der Waals surface area contributed by atoms with E-state index in [9.17, 15) is 14.4 Å². The molecule has 1 saturated heterocycles. The van der Waals surface area contributed by atoms with Crippen LogP contribution in [-0.2, 0) is 19.1 Å². The van der Waals surface area contributed by atoms with Gasteiger partial charge in [0.05, 0.1) is 5.92 Å². The van der Waals surface area contributed by atoms with Crippen molar-refractivity contribution in [2.24, 2.45) is 17.8 Å². The van der Waals surface area contributed by atoms with E-state index in [4.69, 9.17) is 4.74 Å². The standard InChI is InChI=1S/C25H36N2O4/c1-15(2)20-10-6-9-17(4)24(20)26-22(28)14-31-25(30)19-12-23(29)27(13-19)21-11-7-8-16(3)18(21)5/h6,9-10,15-16,18-19,21H,7-8,11-14H2,1-5H3,(H,26,28)/t16-,18-,19-,21-/m0/s1. The summed E-state index contributed by atoms with van der Waals surface area (Å²) < 4.78 is 5.30. The lowest BCUT2D eigenvalue weighted by molar-refractivity contribution is -0.151. The molecule has 1 aliphatic carbocycles. The summed E-state index contributed by atoms with van der Waals surface area (Å²) in [5.41, 5.74) is 2.80. The summed E-state index contributed by atoms with van der Waals surface area (Å²) in [6.07, 6.45) is 3.48. The Balaban J connectivity index is 1.55. The number of benzene rings is 1. The molecule has 6 heteroatoms. The predicted octanol–water partition coefficient (Wildman–Crippen LogP) is 4.27. The molecule has 1 aromatic rings. The van der Waals surface area contributed by atoms with Crippen LogP contribution in [0.5, 0.6) is 0 Å². The zero-order valence-corrected chi connectivity index (χ0v) is 19.4. The fourth-order valence-electron chi connectivity index (χ4n) is 4.98. The third kappa shape index (κ3) is 5.28. The maximum absolute atomic E-state index is 12.6. The fourth-order valence-corrected chi connectivity index (χ4v) is 4.98. The van der Waals surface area contributed by atoms with Crippen LogP contribution < -0.4 is 5.32 Å². The Bertz CT molecular complexity index is 835. The molecule has 0 spiro atoms. The minimum Gasteiger partial charge on any atom is -0.455 e. The van der Waals surface area contributed by atoms with Crippen molar-refractivity contribution in [3.05, 3.63) is 29.3 Å². The summed E-state index contributed by atoms with van der Waals surface area (Å²) in [6.45, 7) is 10.6. The maximum Gasteiger partial charge on any atom is 0.311 e. The molecule has 2 amide bonds. The molecule has 2 fully saturated rings. The van der Waals surface area contributed by atoms with Gasteiger partial charge >= 0.3 is 5.97 Å². The van der Waals surface area contributed by atoms with E-state index in [-0.39, 0.29) is 36.8 Å². The van der Waals surface area contributed by atoms with E-state index in [0.29, 0.717) is 18.4 Å². The number of likely N-dealkylation sites (tertiary alicyclic amines) is 1. The normalized spacial score (nSPS) is 26.3. The summed E-state index contributed by atoms with van der Waals surface area (Å²) in [4.78, 5) is 39.5. The van der Waals surface area contributed by atoms with Gasteiger partial charge in [-0.15, -0.1) is 0 Å². The van der Waals surface area contributed by atoms with E-state index in [1.54, 1.807) is 0 Å². The van der Waals surface area contributed by atoms with Crippen molar-refractivity contribution in [2.45, 2.75) is 72.3 Å². The minimum absolute atomic E-state index is 0.0267. The highest BCUT2D eigenvalue weighted by Crippen LogP contribution is 2.36. The molecule has 1 saturated carbocycles. The average molecular weight is 429 g/mol. The molecule has 6 nitrogen and oxygen atoms in total. The molecule has 0 aromatic heterocycles. The third-order valence-corrected chi connectivity index (χ3v) is 7.09. The number of para-hydroxylation sites is 1. The van der Waals surface area contributed by atoms with Gasteiger partial charge in [-0.25, -0.2) is 0 Å². The molecule has 0 bridgehead atoms. The second kappa shape index (κ2) is 9.84. The van der Waals surface area contributed by atoms with E-state index in [1.807, 2.05) is 30.0 Å². The summed E-state index contributed by atoms with van der Waals surface area (Å²) in [7, 11) is 0. The van der Waals surface area contributed by atoms with Crippen molar-refractivity contribution >= 4 is 23.5 Å². The summed E-state index contributed by atoms with van der Waals surface area (Å²) in [5, 5.41) is 2.89. The van der Waals surface area contributed by atoms with Crippen molar-refractivity contribution in [3.8, 4) is 0 Å². The number of hydrogen-bond acceptors (Lipinski definition) is 4. The number of hydrogen-bond donors (Lipinski definition) is 1. The first kappa shape index (κ1) is 23.3. The lowest BCUT2D eigenvalue weighted by Gasteiger charge is -2.39. The number of nitrogens with one attached hydrogen (secondary N) is 1. The lowest BCUT2D eigenvalue weighted by atomic mass is 9.77. The van der Waals surface area contributed by atoms with Crippen LogP contribution >= 0.6 is 0 Å². The summed E-state index contributed by atoms with van der Waals surface area (Å²) in [5.74, 6) is -0.0100. The minimum atomic E-state index is -0.491. The smallest absolute Gasteiger partial charge is 0.311 e. The Morgan fingerprint density at radius 3 is 2.68 bits per heavy atom. The van der Waals surface area contributed by atoms with Crippen molar-refractivity contribution in [1.82, 2.24) is 4.90 Å². The molecule has 4 atom stereocenters. The zero-order chi connectivity index (χ0) is 22.7. The molecule has 1 N–H and O–H groups in total. The molecule has 170 valence electrons. The van der Waals surface area contributed by atoms with E-state index in [1.165, 1.54) is 6.42 Å². The molecule has 31 heavy (non-hydrogen) atoms. The molecule has 2 aliphatic rings. The van der Waals surface area contributed by atoms with E-state index >= 15 is 0 Å². The van der Waals surface area contributed by atoms with Crippen molar-refractivity contribution < 1.29 is 19.1 Å². The Labute approximate surface area is 185 Å². The van der Waals surface area contributed by atoms with Gasteiger partial charge < -0.3 is 15.0 Å². The van der Waals surface area contributed by atoms with Crippen molar-refractivity contribution in [1.29, 1.82) is 0 Å². The number of amides is 2. The van der Waals surface area contributed by atoms with Crippen LogP contribution in [0.1, 0.15) is 70.4 Å². The summed E-state index contributed by atoms with van der Waals surface area (Å²) >= 11 is 0. The molecule has 3 rings (SSSR count). The molecular formula is C25H36N2O4. The van der Waals surface area contributed by atoms with Crippen molar-refractivity contribution in [2.75, 3.05) is 18.5 Å². The highest BCUT2D eigenvalue weighted by atomic mass is 16.5. The first-order valence-corrected chi connectivity index (χ1v) is 11.5. The Kier molecular flexibility index (Phi) is 7.39. The second-order valence-corrected chi connectivity index (χ2v) is 9.63. The number of carbonyl (C=O) groups excluding carboxylic acids is 3. The van der Waals surface area contributed by atoms with Crippen LogP contribution in [0.15, 0.2) is 18.2 Å². The first-order chi connectivity index (χ1) is 14.7. The van der Waals surface area contributed by atoms with E-state index in [0.717, 1.165) is 29.7 Å². The first-order valence-electron chi connectivity index (χ1n) is 11.5. The SMILES string of the molecule is Cc1cccc(C(C)C)c1NC(=O)COC(=O)[C@H]1CC(=O)N([C@H]2CCC[C@H](C)[C@@H]2C)C1. The van der Waals surface area contributed by atoms with Crippen LogP contribution in [0.2, 0.25) is 0 Å². The van der Waals surface area contributed by atoms with Gasteiger partial charge in [0.15, 0.2) is 6.61 Å². The van der Waals surface area contributed by atoms with Crippen LogP contribution in [0.25, 0.3) is 0 Å². The van der Waals surface area contributed by atoms with Crippen LogP contribution in [0.3, 0.4) is 0 Å². The van der Waals surface area contributed by atoms with E-state index in [2.05, 4.69) is 33.0 Å². The zero-order valence-electron chi connectivity index (χ0n) is 19.4. The number of ether oxygens (including phenoxy) is 1. The highest BCUT2D eigenvalue weighted by Gasteiger charge is 2.42. The van der Waals surface area contributed by atoms with Crippen molar-refractivity contribution in [3.63, 3.8) is 0 Å². The Morgan fingerprint density at radius 2 is 1.97 bits per heavy atom. The second-order valence-electron chi connectivity index (χ2n) is 9.63. The highest BCUT2D eigenvalue weighted by molar-refractivity contribution is 5.95. The van der Waals surface area contributed by atoms with Gasteiger partial charge in [-0.2, -0.15) is 0 Å². The number of carbonyl (C=O) groups is 3. The van der Waals surface area contributed by atoms with Gasteiger partial charge in [0, 0.05) is 24.7 Å². The van der Waals surface area contributed by atoms with Crippen LogP contribution in [0, 0.1) is 24.7 Å². The number of aryl methyl sites for hydroxylation is 1. The topological polar surface area (TPSA) is 75.7 Å². The molecular weight excluding hydrogens is 392 g/mol. The van der Waals surface area contributed by atoms with Gasteiger partial charge in [0.1, 0.15) is 0 Å². The summed E-state index contributed by atoms with van der Waals surface area (Å²) in [6, 6.07) is 6.11. The molecule has 0 unspecified atom stereocenters. The fraction of sp³-hybridized carbons (Fsp3) is 0.640. The number of rotatable bonds is 6. The third-order valence-electron chi connectivity index (χ3n) is 7.09. The quantitative estimate of drug-likeness (QED) is 0.687. The number of nitrogens with zero attached hydrogens (tertiary/aromatic N) is 1. The lowest BCUT2D eigenvalue weighted by Crippen LogP contribution is -2.45. The van der Waals surface area contributed by atoms with Gasteiger partial charge in [0.2, 0.25) is 5.91 Å². The Morgan fingerprint density at radius 1 is 1.23 bits per heavy atom. The number of anilines is 1. The van der Waals surface area contributed by atoms with Crippen LogP contribution in [0.4, 0.5) is 5.69 Å². The van der Waals surface area contributed by atoms with Gasteiger partial charge in [-0.3, -0.25) is 14.4 Å². The molecule has 1 aromatic carbocycles. The van der Waals surface area contributed by atoms with Gasteiger partial charge in [0.25, 0.3) is 5.91 Å². The Hall–Kier alpha value is -2.37. The van der Waals surface area contributed by atoms with Crippen LogP contribution in [-0.4, -0.2) is 41.9 Å².